The van der Waals surface area contributed by atoms with Crippen molar-refractivity contribution in [1.29, 1.82) is 0 Å². The fourth-order valence-electron chi connectivity index (χ4n) is 3.19. The topological polar surface area (TPSA) is 35.6 Å². The van der Waals surface area contributed by atoms with Crippen LogP contribution in [0.5, 0.6) is 0 Å². The van der Waals surface area contributed by atoms with Gasteiger partial charge in [-0.1, -0.05) is 6.92 Å². The molecule has 110 valence electrons. The van der Waals surface area contributed by atoms with Gasteiger partial charge in [-0.3, -0.25) is 9.69 Å². The number of nitrogens with zero attached hydrogens (tertiary/aromatic N) is 2. The summed E-state index contributed by atoms with van der Waals surface area (Å²) in [7, 11) is 0. The predicted octanol–water partition coefficient (Wildman–Crippen LogP) is 1.32. The Bertz CT molecular complexity index is 269. The highest BCUT2D eigenvalue weighted by atomic mass is 16.2. The molecule has 0 aromatic heterocycles. The van der Waals surface area contributed by atoms with Gasteiger partial charge in [0.1, 0.15) is 0 Å². The zero-order valence-electron chi connectivity index (χ0n) is 12.4. The molecule has 0 aliphatic carbocycles. The van der Waals surface area contributed by atoms with Gasteiger partial charge in [0.25, 0.3) is 0 Å². The van der Waals surface area contributed by atoms with E-state index in [1.54, 1.807) is 0 Å². The number of amides is 1. The molecular weight excluding hydrogens is 238 g/mol. The second-order valence-corrected chi connectivity index (χ2v) is 5.97. The second kappa shape index (κ2) is 7.85. The van der Waals surface area contributed by atoms with Gasteiger partial charge >= 0.3 is 0 Å². The van der Waals surface area contributed by atoms with Gasteiger partial charge in [0.15, 0.2) is 0 Å². The van der Waals surface area contributed by atoms with Crippen molar-refractivity contribution >= 4 is 5.91 Å². The van der Waals surface area contributed by atoms with Crippen LogP contribution >= 0.6 is 0 Å². The molecule has 1 amide bonds. The number of nitrogens with one attached hydrogen (secondary N) is 1. The van der Waals surface area contributed by atoms with Crippen molar-refractivity contribution < 1.29 is 4.79 Å². The van der Waals surface area contributed by atoms with Gasteiger partial charge in [-0.15, -0.1) is 0 Å². The third-order valence-electron chi connectivity index (χ3n) is 4.43. The van der Waals surface area contributed by atoms with Gasteiger partial charge in [-0.05, 0) is 51.2 Å². The number of hydrogen-bond donors (Lipinski definition) is 1. The number of piperazine rings is 1. The van der Waals surface area contributed by atoms with Crippen molar-refractivity contribution in [2.45, 2.75) is 39.0 Å². The fourth-order valence-corrected chi connectivity index (χ4v) is 3.19. The third kappa shape index (κ3) is 4.77. The van der Waals surface area contributed by atoms with Gasteiger partial charge in [-0.25, -0.2) is 0 Å². The molecule has 0 aromatic carbocycles. The first-order chi connectivity index (χ1) is 9.29. The van der Waals surface area contributed by atoms with Crippen LogP contribution in [0.1, 0.15) is 39.0 Å². The van der Waals surface area contributed by atoms with Gasteiger partial charge in [0, 0.05) is 32.6 Å². The average Bonchev–Trinajstić information content (AvgIpc) is 2.47. The molecule has 2 saturated heterocycles. The van der Waals surface area contributed by atoms with E-state index in [0.29, 0.717) is 5.91 Å². The minimum Gasteiger partial charge on any atom is -0.340 e. The SMILES string of the molecule is CCCN1CCN(C(=O)CCC2CCCNC2)CC1. The van der Waals surface area contributed by atoms with Crippen molar-refractivity contribution in [3.05, 3.63) is 0 Å². The summed E-state index contributed by atoms with van der Waals surface area (Å²) in [6.45, 7) is 9.64. The standard InChI is InChI=1S/C15H29N3O/c1-2-8-17-9-11-18(12-10-17)15(19)6-5-14-4-3-7-16-13-14/h14,16H,2-13H2,1H3. The summed E-state index contributed by atoms with van der Waals surface area (Å²) in [4.78, 5) is 16.7. The molecule has 0 radical (unpaired) electrons. The molecule has 1 N–H and O–H groups in total. The van der Waals surface area contributed by atoms with Gasteiger partial charge in [0.2, 0.25) is 5.91 Å². The first-order valence-corrected chi connectivity index (χ1v) is 8.00. The van der Waals surface area contributed by atoms with E-state index in [2.05, 4.69) is 22.0 Å². The smallest absolute Gasteiger partial charge is 0.222 e. The van der Waals surface area contributed by atoms with Crippen molar-refractivity contribution in [3.8, 4) is 0 Å². The Balaban J connectivity index is 1.63. The summed E-state index contributed by atoms with van der Waals surface area (Å²) < 4.78 is 0. The average molecular weight is 267 g/mol. The van der Waals surface area contributed by atoms with Crippen molar-refractivity contribution in [2.75, 3.05) is 45.8 Å². The third-order valence-corrected chi connectivity index (χ3v) is 4.43. The maximum absolute atomic E-state index is 12.2. The second-order valence-electron chi connectivity index (χ2n) is 5.97. The summed E-state index contributed by atoms with van der Waals surface area (Å²) >= 11 is 0. The van der Waals surface area contributed by atoms with Crippen LogP contribution in [0, 0.1) is 5.92 Å². The number of hydrogen-bond acceptors (Lipinski definition) is 3. The number of piperidine rings is 1. The van der Waals surface area contributed by atoms with E-state index in [9.17, 15) is 4.79 Å². The van der Waals surface area contributed by atoms with E-state index in [4.69, 9.17) is 0 Å². The molecule has 2 aliphatic rings. The van der Waals surface area contributed by atoms with Crippen molar-refractivity contribution in [1.82, 2.24) is 15.1 Å². The van der Waals surface area contributed by atoms with Crippen molar-refractivity contribution in [3.63, 3.8) is 0 Å². The van der Waals surface area contributed by atoms with Crippen LogP contribution in [0.25, 0.3) is 0 Å². The zero-order chi connectivity index (χ0) is 13.5. The molecule has 2 aliphatic heterocycles. The summed E-state index contributed by atoms with van der Waals surface area (Å²) in [5.41, 5.74) is 0. The summed E-state index contributed by atoms with van der Waals surface area (Å²) in [6.07, 6.45) is 5.60. The van der Waals surface area contributed by atoms with Crippen LogP contribution < -0.4 is 5.32 Å². The molecule has 2 rings (SSSR count). The summed E-state index contributed by atoms with van der Waals surface area (Å²) in [6, 6.07) is 0. The Morgan fingerprint density at radius 3 is 2.68 bits per heavy atom. The normalized spacial score (nSPS) is 25.5. The minimum absolute atomic E-state index is 0.377. The lowest BCUT2D eigenvalue weighted by molar-refractivity contribution is -0.133. The van der Waals surface area contributed by atoms with E-state index < -0.39 is 0 Å². The lowest BCUT2D eigenvalue weighted by atomic mass is 9.94. The predicted molar refractivity (Wildman–Crippen MR) is 78.1 cm³/mol. The summed E-state index contributed by atoms with van der Waals surface area (Å²) in [5, 5.41) is 3.43. The van der Waals surface area contributed by atoms with E-state index >= 15 is 0 Å². The van der Waals surface area contributed by atoms with Crippen LogP contribution in [0.3, 0.4) is 0 Å². The maximum Gasteiger partial charge on any atom is 0.222 e. The molecule has 0 bridgehead atoms. The molecule has 0 spiro atoms. The molecule has 4 nitrogen and oxygen atoms in total. The first-order valence-electron chi connectivity index (χ1n) is 8.00. The molecule has 0 saturated carbocycles. The monoisotopic (exact) mass is 267 g/mol. The largest absolute Gasteiger partial charge is 0.340 e. The number of carbonyl (C=O) groups is 1. The maximum atomic E-state index is 12.2. The summed E-state index contributed by atoms with van der Waals surface area (Å²) in [5.74, 6) is 1.10. The van der Waals surface area contributed by atoms with Gasteiger partial charge in [0.05, 0.1) is 0 Å². The van der Waals surface area contributed by atoms with Crippen LogP contribution in [0.2, 0.25) is 0 Å². The highest BCUT2D eigenvalue weighted by Crippen LogP contribution is 2.17. The highest BCUT2D eigenvalue weighted by Gasteiger charge is 2.21. The molecule has 0 aromatic rings. The highest BCUT2D eigenvalue weighted by molar-refractivity contribution is 5.76. The molecule has 1 atom stereocenters. The van der Waals surface area contributed by atoms with E-state index in [0.717, 1.165) is 58.0 Å². The Morgan fingerprint density at radius 2 is 2.05 bits per heavy atom. The molecule has 2 heterocycles. The lowest BCUT2D eigenvalue weighted by Crippen LogP contribution is -2.48. The Labute approximate surface area is 117 Å². The molecule has 2 fully saturated rings. The number of rotatable bonds is 5. The Kier molecular flexibility index (Phi) is 6.11. The van der Waals surface area contributed by atoms with Gasteiger partial charge < -0.3 is 10.2 Å². The van der Waals surface area contributed by atoms with Crippen LogP contribution in [0.15, 0.2) is 0 Å². The minimum atomic E-state index is 0.377. The zero-order valence-corrected chi connectivity index (χ0v) is 12.4. The van der Waals surface area contributed by atoms with Crippen LogP contribution in [-0.2, 0) is 4.79 Å². The van der Waals surface area contributed by atoms with Gasteiger partial charge in [-0.2, -0.15) is 0 Å². The molecule has 4 heteroatoms. The first kappa shape index (κ1) is 14.8. The van der Waals surface area contributed by atoms with Crippen molar-refractivity contribution in [2.24, 2.45) is 5.92 Å². The number of carbonyl (C=O) groups excluding carboxylic acids is 1. The Hall–Kier alpha value is -0.610. The molecule has 1 unspecified atom stereocenters. The van der Waals surface area contributed by atoms with Crippen LogP contribution in [-0.4, -0.2) is 61.5 Å². The Morgan fingerprint density at radius 1 is 1.26 bits per heavy atom. The molecule has 19 heavy (non-hydrogen) atoms. The molecular formula is C15H29N3O. The van der Waals surface area contributed by atoms with E-state index in [1.165, 1.54) is 25.8 Å². The van der Waals surface area contributed by atoms with E-state index in [-0.39, 0.29) is 0 Å². The van der Waals surface area contributed by atoms with Crippen LogP contribution in [0.4, 0.5) is 0 Å². The lowest BCUT2D eigenvalue weighted by Gasteiger charge is -2.35. The quantitative estimate of drug-likeness (QED) is 0.816. The van der Waals surface area contributed by atoms with E-state index in [1.807, 2.05) is 0 Å². The fraction of sp³-hybridized carbons (Fsp3) is 0.933.